The first-order valence-electron chi connectivity index (χ1n) is 19.7. The molecule has 0 bridgehead atoms. The third-order valence-corrected chi connectivity index (χ3v) is 12.0. The molecule has 0 saturated heterocycles. The fourth-order valence-corrected chi connectivity index (χ4v) is 9.32. The molecule has 1 heterocycles. The number of hydrogen-bond acceptors (Lipinski definition) is 2. The van der Waals surface area contributed by atoms with Crippen LogP contribution < -0.4 is 0 Å². The molecular weight excluding hydrogens is 689 g/mol. The highest BCUT2D eigenvalue weighted by molar-refractivity contribution is 6.05. The number of aromatic nitrogens is 2. The maximum atomic E-state index is 5.33. The molecule has 2 heteroatoms. The summed E-state index contributed by atoms with van der Waals surface area (Å²) in [5.74, 6) is 0.713. The van der Waals surface area contributed by atoms with Gasteiger partial charge in [0.15, 0.2) is 5.82 Å². The first kappa shape index (κ1) is 33.2. The van der Waals surface area contributed by atoms with Crippen molar-refractivity contribution in [3.8, 4) is 67.3 Å². The first-order chi connectivity index (χ1) is 28.0. The van der Waals surface area contributed by atoms with Crippen molar-refractivity contribution in [2.24, 2.45) is 0 Å². The van der Waals surface area contributed by atoms with Crippen molar-refractivity contribution in [2.45, 2.75) is 19.3 Å². The summed E-state index contributed by atoms with van der Waals surface area (Å²) in [4.78, 5) is 10.6. The molecule has 0 aliphatic heterocycles. The van der Waals surface area contributed by atoms with Crippen LogP contribution in [0, 0.1) is 0 Å². The smallest absolute Gasteiger partial charge is 0.161 e. The lowest BCUT2D eigenvalue weighted by Crippen LogP contribution is -2.16. The van der Waals surface area contributed by atoms with Crippen molar-refractivity contribution in [3.05, 3.63) is 205 Å². The molecule has 0 fully saturated rings. The Hall–Kier alpha value is -7.16. The Labute approximate surface area is 332 Å². The van der Waals surface area contributed by atoms with Crippen LogP contribution in [0.2, 0.25) is 0 Å². The van der Waals surface area contributed by atoms with Gasteiger partial charge >= 0.3 is 0 Å². The van der Waals surface area contributed by atoms with Gasteiger partial charge in [0.2, 0.25) is 0 Å². The van der Waals surface area contributed by atoms with Crippen LogP contribution in [0.25, 0.3) is 99.6 Å². The molecule has 2 nitrogen and oxygen atoms in total. The van der Waals surface area contributed by atoms with Crippen molar-refractivity contribution in [1.29, 1.82) is 0 Å². The lowest BCUT2D eigenvalue weighted by molar-refractivity contribution is 0.663. The van der Waals surface area contributed by atoms with E-state index in [1.54, 1.807) is 0 Å². The van der Waals surface area contributed by atoms with Gasteiger partial charge in [-0.1, -0.05) is 178 Å². The van der Waals surface area contributed by atoms with Crippen molar-refractivity contribution in [2.75, 3.05) is 0 Å². The predicted octanol–water partition coefficient (Wildman–Crippen LogP) is 14.6. The van der Waals surface area contributed by atoms with Gasteiger partial charge in [-0.3, -0.25) is 0 Å². The third kappa shape index (κ3) is 5.40. The van der Waals surface area contributed by atoms with Crippen LogP contribution >= 0.6 is 0 Å². The fourth-order valence-electron chi connectivity index (χ4n) is 9.32. The van der Waals surface area contributed by atoms with Crippen LogP contribution in [-0.4, -0.2) is 9.97 Å². The van der Waals surface area contributed by atoms with E-state index in [1.165, 1.54) is 71.4 Å². The van der Waals surface area contributed by atoms with E-state index in [-0.39, 0.29) is 5.41 Å². The molecule has 9 aromatic carbocycles. The van der Waals surface area contributed by atoms with Gasteiger partial charge in [-0.25, -0.2) is 9.97 Å². The lowest BCUT2D eigenvalue weighted by Gasteiger charge is -2.25. The van der Waals surface area contributed by atoms with E-state index in [9.17, 15) is 0 Å². The van der Waals surface area contributed by atoms with Crippen molar-refractivity contribution >= 4 is 32.3 Å². The number of fused-ring (bicyclic) bond motifs is 6. The minimum Gasteiger partial charge on any atom is -0.228 e. The number of rotatable bonds is 5. The summed E-state index contributed by atoms with van der Waals surface area (Å²) in [6.07, 6.45) is 0. The van der Waals surface area contributed by atoms with Gasteiger partial charge in [-0.05, 0) is 107 Å². The Balaban J connectivity index is 1.05. The summed E-state index contributed by atoms with van der Waals surface area (Å²) < 4.78 is 0. The van der Waals surface area contributed by atoms with Gasteiger partial charge in [0.1, 0.15) is 0 Å². The van der Waals surface area contributed by atoms with Gasteiger partial charge < -0.3 is 0 Å². The number of hydrogen-bond donors (Lipinski definition) is 0. The van der Waals surface area contributed by atoms with Gasteiger partial charge in [-0.2, -0.15) is 0 Å². The molecule has 0 spiro atoms. The molecule has 1 aromatic heterocycles. The Morgan fingerprint density at radius 1 is 0.333 bits per heavy atom. The summed E-state index contributed by atoms with van der Waals surface area (Å²) in [6, 6.07) is 70.1. The molecule has 0 N–H and O–H groups in total. The molecule has 0 saturated carbocycles. The Morgan fingerprint density at radius 2 is 0.877 bits per heavy atom. The number of nitrogens with zero attached hydrogens (tertiary/aromatic N) is 2. The van der Waals surface area contributed by atoms with Crippen LogP contribution in [0.3, 0.4) is 0 Å². The molecule has 11 rings (SSSR count). The second kappa shape index (κ2) is 13.0. The second-order valence-electron chi connectivity index (χ2n) is 15.7. The molecule has 1 aliphatic carbocycles. The maximum Gasteiger partial charge on any atom is 0.161 e. The Kier molecular flexibility index (Phi) is 7.55. The second-order valence-corrected chi connectivity index (χ2v) is 15.7. The highest BCUT2D eigenvalue weighted by Crippen LogP contribution is 2.53. The van der Waals surface area contributed by atoms with E-state index >= 15 is 0 Å². The van der Waals surface area contributed by atoms with E-state index in [0.29, 0.717) is 5.82 Å². The molecule has 0 radical (unpaired) electrons. The van der Waals surface area contributed by atoms with E-state index in [4.69, 9.17) is 9.97 Å². The Morgan fingerprint density at radius 3 is 1.68 bits per heavy atom. The van der Waals surface area contributed by atoms with Crippen molar-refractivity contribution < 1.29 is 0 Å². The summed E-state index contributed by atoms with van der Waals surface area (Å²) in [5.41, 5.74) is 15.2. The largest absolute Gasteiger partial charge is 0.228 e. The van der Waals surface area contributed by atoms with Gasteiger partial charge in [-0.15, -0.1) is 0 Å². The van der Waals surface area contributed by atoms with Crippen LogP contribution in [0.15, 0.2) is 194 Å². The van der Waals surface area contributed by atoms with Crippen LogP contribution in [-0.2, 0) is 5.41 Å². The summed E-state index contributed by atoms with van der Waals surface area (Å²) in [7, 11) is 0. The van der Waals surface area contributed by atoms with Crippen LogP contribution in [0.4, 0.5) is 0 Å². The molecule has 57 heavy (non-hydrogen) atoms. The summed E-state index contributed by atoms with van der Waals surface area (Å²) in [6.45, 7) is 4.76. The molecule has 268 valence electrons. The highest BCUT2D eigenvalue weighted by Gasteiger charge is 2.37. The average Bonchev–Trinajstić information content (AvgIpc) is 3.50. The standard InChI is InChI=1S/C55H38N2/c1-55(2)50-33-38-19-7-6-18-37(38)32-49(50)47-28-14-26-43(53(47)55)40-22-12-21-39(31-40)42-29-30-48(45-25-11-10-24-44(42)45)54-56-51(36-16-4-3-5-17-36)34-52(57-54)46-27-13-20-35-15-8-9-23-41(35)46/h3-34H,1-2H3. The van der Waals surface area contributed by atoms with Gasteiger partial charge in [0, 0.05) is 22.1 Å². The topological polar surface area (TPSA) is 25.8 Å². The van der Waals surface area contributed by atoms with Crippen LogP contribution in [0.1, 0.15) is 25.0 Å². The monoisotopic (exact) mass is 726 g/mol. The quantitative estimate of drug-likeness (QED) is 0.176. The van der Waals surface area contributed by atoms with Crippen molar-refractivity contribution in [1.82, 2.24) is 9.97 Å². The zero-order chi connectivity index (χ0) is 38.1. The highest BCUT2D eigenvalue weighted by atomic mass is 14.9. The third-order valence-electron chi connectivity index (χ3n) is 12.0. The Bertz CT molecular complexity index is 3210. The lowest BCUT2D eigenvalue weighted by atomic mass is 9.78. The molecule has 1 aliphatic rings. The normalized spacial score (nSPS) is 12.9. The minimum atomic E-state index is -0.144. The minimum absolute atomic E-state index is 0.144. The molecule has 10 aromatic rings. The van der Waals surface area contributed by atoms with E-state index in [1.807, 2.05) is 6.07 Å². The zero-order valence-corrected chi connectivity index (χ0v) is 31.9. The molecule has 0 amide bonds. The van der Waals surface area contributed by atoms with E-state index < -0.39 is 0 Å². The predicted molar refractivity (Wildman–Crippen MR) is 239 cm³/mol. The van der Waals surface area contributed by atoms with Crippen molar-refractivity contribution in [3.63, 3.8) is 0 Å². The average molecular weight is 727 g/mol. The first-order valence-corrected chi connectivity index (χ1v) is 19.7. The van der Waals surface area contributed by atoms with Crippen LogP contribution in [0.5, 0.6) is 0 Å². The summed E-state index contributed by atoms with van der Waals surface area (Å²) in [5, 5.41) is 7.23. The fraction of sp³-hybridized carbons (Fsp3) is 0.0545. The molecular formula is C55H38N2. The van der Waals surface area contributed by atoms with Gasteiger partial charge in [0.25, 0.3) is 0 Å². The number of benzene rings is 9. The summed E-state index contributed by atoms with van der Waals surface area (Å²) >= 11 is 0. The molecule has 0 atom stereocenters. The van der Waals surface area contributed by atoms with E-state index in [0.717, 1.165) is 33.5 Å². The maximum absolute atomic E-state index is 5.33. The van der Waals surface area contributed by atoms with E-state index in [2.05, 4.69) is 202 Å². The SMILES string of the molecule is CC1(C)c2cc3ccccc3cc2-c2cccc(-c3cccc(-c4ccc(-c5nc(-c6ccccc6)cc(-c6cccc7ccccc67)n5)c5ccccc45)c3)c21. The zero-order valence-electron chi connectivity index (χ0n) is 31.9. The molecule has 0 unspecified atom stereocenters. The van der Waals surface area contributed by atoms with Gasteiger partial charge in [0.05, 0.1) is 11.4 Å².